The van der Waals surface area contributed by atoms with E-state index in [9.17, 15) is 4.79 Å². The van der Waals surface area contributed by atoms with Crippen LogP contribution < -0.4 is 5.32 Å². The molecule has 23 heavy (non-hydrogen) atoms. The predicted molar refractivity (Wildman–Crippen MR) is 81.3 cm³/mol. The first-order valence-corrected chi connectivity index (χ1v) is 7.64. The average molecular weight is 319 g/mol. The zero-order chi connectivity index (χ0) is 16.2. The number of ether oxygens (including phenoxy) is 1. The van der Waals surface area contributed by atoms with E-state index in [1.807, 2.05) is 12.1 Å². The number of hydrogen-bond acceptors (Lipinski definition) is 5. The zero-order valence-electron chi connectivity index (χ0n) is 13.4. The molecule has 8 heteroatoms. The summed E-state index contributed by atoms with van der Waals surface area (Å²) in [5.74, 6) is 2.17. The second-order valence-electron chi connectivity index (χ2n) is 5.58. The topological polar surface area (TPSA) is 85.4 Å². The Morgan fingerprint density at radius 1 is 1.52 bits per heavy atom. The number of carbonyl (C=O) groups excluding carboxylic acids is 1. The fourth-order valence-electron chi connectivity index (χ4n) is 2.82. The van der Waals surface area contributed by atoms with Crippen LogP contribution in [0.25, 0.3) is 0 Å². The highest BCUT2D eigenvalue weighted by Crippen LogP contribution is 2.33. The van der Waals surface area contributed by atoms with E-state index < -0.39 is 0 Å². The van der Waals surface area contributed by atoms with Crippen LogP contribution >= 0.6 is 0 Å². The summed E-state index contributed by atoms with van der Waals surface area (Å²) in [4.78, 5) is 18.3. The van der Waals surface area contributed by atoms with Crippen LogP contribution in [0.5, 0.6) is 0 Å². The Kier molecular flexibility index (Phi) is 4.61. The number of urea groups is 1. The van der Waals surface area contributed by atoms with Gasteiger partial charge in [0.2, 0.25) is 0 Å². The number of nitrogens with one attached hydrogen (secondary N) is 1. The predicted octanol–water partition coefficient (Wildman–Crippen LogP) is 1.60. The molecule has 124 valence electrons. The van der Waals surface area contributed by atoms with Crippen LogP contribution in [0.3, 0.4) is 0 Å². The molecule has 3 heterocycles. The maximum Gasteiger partial charge on any atom is 0.318 e. The average Bonchev–Trinajstić information content (AvgIpc) is 3.24. The molecule has 0 bridgehead atoms. The van der Waals surface area contributed by atoms with Gasteiger partial charge in [0.1, 0.15) is 24.5 Å². The number of methoxy groups -OCH3 is 1. The standard InChI is InChI=1S/C15H21N5O3/c1-19-10-17-14(18-19)8-16-15(21)20-7-3-4-12(20)13-6-5-11(23-13)9-22-2/h5-6,10,12H,3-4,7-9H2,1-2H3,(H,16,21)/t12-/m0/s1. The van der Waals surface area contributed by atoms with Gasteiger partial charge in [-0.25, -0.2) is 9.78 Å². The molecular formula is C15H21N5O3. The third-order valence-corrected chi connectivity index (χ3v) is 3.86. The normalized spacial score (nSPS) is 17.7. The second kappa shape index (κ2) is 6.82. The van der Waals surface area contributed by atoms with Crippen LogP contribution in [0, 0.1) is 0 Å². The minimum absolute atomic E-state index is 0.0303. The van der Waals surface area contributed by atoms with Crippen molar-refractivity contribution in [2.45, 2.75) is 32.0 Å². The minimum Gasteiger partial charge on any atom is -0.461 e. The lowest BCUT2D eigenvalue weighted by Gasteiger charge is -2.23. The van der Waals surface area contributed by atoms with Gasteiger partial charge >= 0.3 is 6.03 Å². The summed E-state index contributed by atoms with van der Waals surface area (Å²) in [7, 11) is 3.42. The molecule has 3 rings (SSSR count). The molecule has 1 saturated heterocycles. The molecule has 0 aromatic carbocycles. The van der Waals surface area contributed by atoms with Crippen LogP contribution in [-0.2, 0) is 24.9 Å². The van der Waals surface area contributed by atoms with Crippen LogP contribution in [0.4, 0.5) is 4.79 Å². The van der Waals surface area contributed by atoms with E-state index in [1.54, 1.807) is 30.1 Å². The SMILES string of the molecule is COCc1ccc([C@@H]2CCCN2C(=O)NCc2ncn(C)n2)o1. The molecule has 2 aromatic heterocycles. The molecule has 2 amide bonds. The lowest BCUT2D eigenvalue weighted by Crippen LogP contribution is -2.39. The number of likely N-dealkylation sites (tertiary alicyclic amines) is 1. The third kappa shape index (κ3) is 3.53. The molecule has 1 fully saturated rings. The van der Waals surface area contributed by atoms with Crippen LogP contribution in [0.1, 0.15) is 36.2 Å². The van der Waals surface area contributed by atoms with E-state index in [1.165, 1.54) is 0 Å². The Labute approximate surface area is 134 Å². The molecule has 1 aliphatic rings. The number of aromatic nitrogens is 3. The maximum absolute atomic E-state index is 12.4. The molecule has 0 aliphatic carbocycles. The number of rotatable bonds is 5. The van der Waals surface area contributed by atoms with Gasteiger partial charge in [0.25, 0.3) is 0 Å². The third-order valence-electron chi connectivity index (χ3n) is 3.86. The summed E-state index contributed by atoms with van der Waals surface area (Å²) in [6.45, 7) is 1.46. The van der Waals surface area contributed by atoms with Crippen molar-refractivity contribution in [3.05, 3.63) is 35.8 Å². The highest BCUT2D eigenvalue weighted by Gasteiger charge is 2.32. The monoisotopic (exact) mass is 319 g/mol. The number of aryl methyl sites for hydroxylation is 1. The van der Waals surface area contributed by atoms with Crippen LogP contribution in [0.2, 0.25) is 0 Å². The number of nitrogens with zero attached hydrogens (tertiary/aromatic N) is 4. The second-order valence-corrected chi connectivity index (χ2v) is 5.58. The lowest BCUT2D eigenvalue weighted by molar-refractivity contribution is 0.156. The van der Waals surface area contributed by atoms with Crippen molar-refractivity contribution >= 4 is 6.03 Å². The number of amides is 2. The largest absolute Gasteiger partial charge is 0.461 e. The highest BCUT2D eigenvalue weighted by atomic mass is 16.5. The molecule has 0 unspecified atom stereocenters. The van der Waals surface area contributed by atoms with Gasteiger partial charge in [-0.3, -0.25) is 4.68 Å². The maximum atomic E-state index is 12.4. The van der Waals surface area contributed by atoms with Gasteiger partial charge in [0.15, 0.2) is 5.82 Å². The van der Waals surface area contributed by atoms with Crippen LogP contribution in [-0.4, -0.2) is 39.4 Å². The molecule has 0 saturated carbocycles. The van der Waals surface area contributed by atoms with Crippen molar-refractivity contribution < 1.29 is 13.9 Å². The van der Waals surface area contributed by atoms with E-state index in [2.05, 4.69) is 15.4 Å². The molecule has 1 atom stereocenters. The quantitative estimate of drug-likeness (QED) is 0.905. The minimum atomic E-state index is -0.121. The van der Waals surface area contributed by atoms with Crippen molar-refractivity contribution in [3.8, 4) is 0 Å². The van der Waals surface area contributed by atoms with E-state index in [4.69, 9.17) is 9.15 Å². The molecule has 0 radical (unpaired) electrons. The summed E-state index contributed by atoms with van der Waals surface area (Å²) < 4.78 is 12.5. The fraction of sp³-hybridized carbons (Fsp3) is 0.533. The van der Waals surface area contributed by atoms with E-state index in [0.717, 1.165) is 24.4 Å². The Morgan fingerprint density at radius 3 is 3.13 bits per heavy atom. The molecule has 1 aliphatic heterocycles. The molecular weight excluding hydrogens is 298 g/mol. The van der Waals surface area contributed by atoms with Gasteiger partial charge in [-0.15, -0.1) is 0 Å². The summed E-state index contributed by atoms with van der Waals surface area (Å²) in [5.41, 5.74) is 0. The summed E-state index contributed by atoms with van der Waals surface area (Å²) in [5, 5.41) is 7.02. The first-order valence-electron chi connectivity index (χ1n) is 7.64. The fourth-order valence-corrected chi connectivity index (χ4v) is 2.82. The molecule has 0 spiro atoms. The highest BCUT2D eigenvalue weighted by molar-refractivity contribution is 5.74. The van der Waals surface area contributed by atoms with Gasteiger partial charge in [-0.05, 0) is 25.0 Å². The van der Waals surface area contributed by atoms with Gasteiger partial charge in [0.05, 0.1) is 12.6 Å². The Balaban J connectivity index is 1.62. The van der Waals surface area contributed by atoms with Crippen molar-refractivity contribution in [3.63, 3.8) is 0 Å². The van der Waals surface area contributed by atoms with E-state index in [-0.39, 0.29) is 12.1 Å². The molecule has 8 nitrogen and oxygen atoms in total. The van der Waals surface area contributed by atoms with Crippen molar-refractivity contribution in [1.82, 2.24) is 25.0 Å². The number of carbonyl (C=O) groups is 1. The molecule has 2 aromatic rings. The Morgan fingerprint density at radius 2 is 2.39 bits per heavy atom. The van der Waals surface area contributed by atoms with Crippen LogP contribution in [0.15, 0.2) is 22.9 Å². The first kappa shape index (κ1) is 15.5. The number of furan rings is 1. The van der Waals surface area contributed by atoms with Gasteiger partial charge in [-0.1, -0.05) is 0 Å². The Hall–Kier alpha value is -2.35. The van der Waals surface area contributed by atoms with E-state index in [0.29, 0.717) is 25.5 Å². The zero-order valence-corrected chi connectivity index (χ0v) is 13.4. The summed E-state index contributed by atoms with van der Waals surface area (Å²) in [6, 6.07) is 3.66. The lowest BCUT2D eigenvalue weighted by atomic mass is 10.2. The smallest absolute Gasteiger partial charge is 0.318 e. The van der Waals surface area contributed by atoms with Gasteiger partial charge in [0, 0.05) is 20.7 Å². The summed E-state index contributed by atoms with van der Waals surface area (Å²) >= 11 is 0. The van der Waals surface area contributed by atoms with E-state index >= 15 is 0 Å². The van der Waals surface area contributed by atoms with Gasteiger partial charge < -0.3 is 19.4 Å². The summed E-state index contributed by atoms with van der Waals surface area (Å²) in [6.07, 6.45) is 3.47. The molecule has 1 N–H and O–H groups in total. The number of hydrogen-bond donors (Lipinski definition) is 1. The first-order chi connectivity index (χ1) is 11.2. The van der Waals surface area contributed by atoms with Gasteiger partial charge in [-0.2, -0.15) is 5.10 Å². The van der Waals surface area contributed by atoms with Crippen molar-refractivity contribution in [2.24, 2.45) is 7.05 Å². The van der Waals surface area contributed by atoms with Crippen molar-refractivity contribution in [1.29, 1.82) is 0 Å². The Bertz CT molecular complexity index is 666. The van der Waals surface area contributed by atoms with Crippen molar-refractivity contribution in [2.75, 3.05) is 13.7 Å².